The molecule has 0 heterocycles. The lowest BCUT2D eigenvalue weighted by atomic mass is 10.1. The third kappa shape index (κ3) is 7.46. The Bertz CT molecular complexity index is 907. The van der Waals surface area contributed by atoms with Crippen molar-refractivity contribution in [1.82, 2.24) is 4.90 Å². The highest BCUT2D eigenvalue weighted by atomic mass is 16.6. The first kappa shape index (κ1) is 22.7. The van der Waals surface area contributed by atoms with Crippen molar-refractivity contribution in [2.24, 2.45) is 0 Å². The number of likely N-dealkylation sites (N-methyl/N-ethyl adjacent to an activating group) is 1. The lowest BCUT2D eigenvalue weighted by molar-refractivity contribution is -0.117. The Morgan fingerprint density at radius 2 is 1.57 bits per heavy atom. The Kier molecular flexibility index (Phi) is 7.41. The van der Waals surface area contributed by atoms with Gasteiger partial charge in [0, 0.05) is 24.1 Å². The number of amides is 4. The van der Waals surface area contributed by atoms with Gasteiger partial charge in [-0.25, -0.2) is 9.59 Å². The average molecular weight is 412 g/mol. The van der Waals surface area contributed by atoms with E-state index in [1.54, 1.807) is 51.1 Å². The molecule has 0 aliphatic heterocycles. The Hall–Kier alpha value is -3.55. The molecule has 2 aromatic rings. The van der Waals surface area contributed by atoms with E-state index in [-0.39, 0.29) is 12.5 Å². The summed E-state index contributed by atoms with van der Waals surface area (Å²) in [4.78, 5) is 37.7. The topological polar surface area (TPSA) is 99.8 Å². The van der Waals surface area contributed by atoms with E-state index in [2.05, 4.69) is 16.0 Å². The van der Waals surface area contributed by atoms with Gasteiger partial charge >= 0.3 is 12.1 Å². The molecule has 2 aromatic carbocycles. The second-order valence-corrected chi connectivity index (χ2v) is 7.86. The third-order valence-electron chi connectivity index (χ3n) is 3.89. The fourth-order valence-corrected chi connectivity index (χ4v) is 2.46. The number of benzene rings is 2. The van der Waals surface area contributed by atoms with Crippen molar-refractivity contribution in [2.45, 2.75) is 33.3 Å². The fourth-order valence-electron chi connectivity index (χ4n) is 2.46. The molecule has 0 saturated carbocycles. The number of para-hydroxylation sites is 1. The molecule has 0 saturated heterocycles. The lowest BCUT2D eigenvalue weighted by Gasteiger charge is -2.24. The van der Waals surface area contributed by atoms with Crippen LogP contribution < -0.4 is 16.0 Å². The van der Waals surface area contributed by atoms with Crippen molar-refractivity contribution in [1.29, 1.82) is 0 Å². The third-order valence-corrected chi connectivity index (χ3v) is 3.89. The molecule has 160 valence electrons. The zero-order chi connectivity index (χ0) is 22.3. The summed E-state index contributed by atoms with van der Waals surface area (Å²) in [5.74, 6) is -0.377. The number of hydrogen-bond donors (Lipinski definition) is 3. The Balaban J connectivity index is 1.96. The largest absolute Gasteiger partial charge is 0.444 e. The van der Waals surface area contributed by atoms with Gasteiger partial charge in [0.1, 0.15) is 12.1 Å². The number of ether oxygens (including phenoxy) is 1. The summed E-state index contributed by atoms with van der Waals surface area (Å²) in [5, 5.41) is 8.22. The van der Waals surface area contributed by atoms with Crippen molar-refractivity contribution in [3.63, 3.8) is 0 Å². The molecule has 2 rings (SSSR count). The number of urea groups is 1. The van der Waals surface area contributed by atoms with Crippen LogP contribution in [-0.4, -0.2) is 42.1 Å². The summed E-state index contributed by atoms with van der Waals surface area (Å²) in [7, 11) is 1.49. The van der Waals surface area contributed by atoms with Gasteiger partial charge in [0.15, 0.2) is 0 Å². The van der Waals surface area contributed by atoms with Gasteiger partial charge in [-0.3, -0.25) is 4.79 Å². The molecule has 8 heteroatoms. The summed E-state index contributed by atoms with van der Waals surface area (Å²) in [6, 6.07) is 13.8. The highest BCUT2D eigenvalue weighted by Crippen LogP contribution is 2.21. The van der Waals surface area contributed by atoms with Gasteiger partial charge in [-0.2, -0.15) is 0 Å². The van der Waals surface area contributed by atoms with Gasteiger partial charge in [0.2, 0.25) is 5.91 Å². The van der Waals surface area contributed by atoms with Crippen LogP contribution in [0.25, 0.3) is 0 Å². The Labute approximate surface area is 176 Å². The molecule has 0 unspecified atom stereocenters. The fraction of sp³-hybridized carbons (Fsp3) is 0.318. The maximum Gasteiger partial charge on any atom is 0.410 e. The van der Waals surface area contributed by atoms with Crippen molar-refractivity contribution < 1.29 is 19.1 Å². The lowest BCUT2D eigenvalue weighted by Crippen LogP contribution is -2.38. The van der Waals surface area contributed by atoms with E-state index < -0.39 is 17.7 Å². The quantitative estimate of drug-likeness (QED) is 0.676. The molecule has 0 spiro atoms. The van der Waals surface area contributed by atoms with E-state index in [9.17, 15) is 14.4 Å². The minimum Gasteiger partial charge on any atom is -0.444 e. The van der Waals surface area contributed by atoms with Crippen LogP contribution in [0.5, 0.6) is 0 Å². The zero-order valence-corrected chi connectivity index (χ0v) is 17.9. The van der Waals surface area contributed by atoms with Crippen LogP contribution in [0.1, 0.15) is 26.3 Å². The number of anilines is 3. The molecule has 0 radical (unpaired) electrons. The number of rotatable bonds is 5. The van der Waals surface area contributed by atoms with E-state index in [4.69, 9.17) is 4.74 Å². The van der Waals surface area contributed by atoms with E-state index >= 15 is 0 Å². The normalized spacial score (nSPS) is 10.7. The number of carbonyl (C=O) groups excluding carboxylic acids is 3. The molecule has 8 nitrogen and oxygen atoms in total. The molecule has 0 aliphatic carbocycles. The molecule has 0 aliphatic rings. The van der Waals surface area contributed by atoms with Crippen molar-refractivity contribution in [3.05, 3.63) is 54.1 Å². The van der Waals surface area contributed by atoms with E-state index in [0.29, 0.717) is 17.1 Å². The number of hydrogen-bond acceptors (Lipinski definition) is 4. The highest BCUT2D eigenvalue weighted by molar-refractivity contribution is 6.01. The van der Waals surface area contributed by atoms with E-state index in [0.717, 1.165) is 5.56 Å². The van der Waals surface area contributed by atoms with Gasteiger partial charge in [-0.05, 0) is 57.5 Å². The SMILES string of the molecule is Cc1ccc(NC(=O)Nc2ccccc2)cc1NC(=O)CN(C)C(=O)OC(C)(C)C. The maximum absolute atomic E-state index is 12.4. The summed E-state index contributed by atoms with van der Waals surface area (Å²) in [5.41, 5.74) is 1.90. The first-order valence-corrected chi connectivity index (χ1v) is 9.51. The number of carbonyl (C=O) groups is 3. The minimum absolute atomic E-state index is 0.166. The molecule has 0 atom stereocenters. The van der Waals surface area contributed by atoms with Crippen LogP contribution in [0, 0.1) is 6.92 Å². The molecule has 30 heavy (non-hydrogen) atoms. The Morgan fingerprint density at radius 1 is 0.933 bits per heavy atom. The molecular weight excluding hydrogens is 384 g/mol. The minimum atomic E-state index is -0.640. The number of aryl methyl sites for hydroxylation is 1. The highest BCUT2D eigenvalue weighted by Gasteiger charge is 2.21. The predicted molar refractivity (Wildman–Crippen MR) is 118 cm³/mol. The smallest absolute Gasteiger partial charge is 0.410 e. The van der Waals surface area contributed by atoms with Gasteiger partial charge in [0.05, 0.1) is 0 Å². The van der Waals surface area contributed by atoms with Crippen LogP contribution in [-0.2, 0) is 9.53 Å². The molecule has 0 fully saturated rings. The van der Waals surface area contributed by atoms with Crippen molar-refractivity contribution in [2.75, 3.05) is 29.5 Å². The first-order chi connectivity index (χ1) is 14.0. The van der Waals surface area contributed by atoms with Crippen LogP contribution in [0.4, 0.5) is 26.7 Å². The zero-order valence-electron chi connectivity index (χ0n) is 17.9. The summed E-state index contributed by atoms with van der Waals surface area (Å²) >= 11 is 0. The maximum atomic E-state index is 12.4. The van der Waals surface area contributed by atoms with Crippen LogP contribution in [0.3, 0.4) is 0 Å². The standard InChI is InChI=1S/C22H28N4O4/c1-15-11-12-17(24-20(28)23-16-9-7-6-8-10-16)13-18(15)25-19(27)14-26(5)21(29)30-22(2,3)4/h6-13H,14H2,1-5H3,(H,25,27)(H2,23,24,28). The summed E-state index contributed by atoms with van der Waals surface area (Å²) < 4.78 is 5.24. The van der Waals surface area contributed by atoms with Crippen molar-refractivity contribution >= 4 is 35.1 Å². The van der Waals surface area contributed by atoms with Crippen LogP contribution >= 0.6 is 0 Å². The first-order valence-electron chi connectivity index (χ1n) is 9.51. The van der Waals surface area contributed by atoms with Gasteiger partial charge in [-0.15, -0.1) is 0 Å². The van der Waals surface area contributed by atoms with E-state index in [1.807, 2.05) is 25.1 Å². The van der Waals surface area contributed by atoms with Crippen LogP contribution in [0.15, 0.2) is 48.5 Å². The molecule has 3 N–H and O–H groups in total. The van der Waals surface area contributed by atoms with Gasteiger partial charge in [-0.1, -0.05) is 24.3 Å². The summed E-state index contributed by atoms with van der Waals surface area (Å²) in [6.45, 7) is 6.94. The van der Waals surface area contributed by atoms with Gasteiger partial charge < -0.3 is 25.6 Å². The molecular formula is C22H28N4O4. The van der Waals surface area contributed by atoms with Crippen LogP contribution in [0.2, 0.25) is 0 Å². The number of nitrogens with one attached hydrogen (secondary N) is 3. The summed E-state index contributed by atoms with van der Waals surface area (Å²) in [6.07, 6.45) is -0.581. The number of nitrogens with zero attached hydrogens (tertiary/aromatic N) is 1. The van der Waals surface area contributed by atoms with Gasteiger partial charge in [0.25, 0.3) is 0 Å². The predicted octanol–water partition coefficient (Wildman–Crippen LogP) is 4.44. The Morgan fingerprint density at radius 3 is 2.20 bits per heavy atom. The monoisotopic (exact) mass is 412 g/mol. The molecule has 0 bridgehead atoms. The van der Waals surface area contributed by atoms with Crippen molar-refractivity contribution in [3.8, 4) is 0 Å². The molecule has 4 amide bonds. The second kappa shape index (κ2) is 9.78. The average Bonchev–Trinajstić information content (AvgIpc) is 2.63. The molecule has 0 aromatic heterocycles. The second-order valence-electron chi connectivity index (χ2n) is 7.86. The van der Waals surface area contributed by atoms with E-state index in [1.165, 1.54) is 11.9 Å².